The van der Waals surface area contributed by atoms with Crippen molar-refractivity contribution in [2.75, 3.05) is 6.61 Å². The number of hydrogen-bond donors (Lipinski definition) is 2. The van der Waals surface area contributed by atoms with E-state index in [4.69, 9.17) is 10.2 Å². The predicted molar refractivity (Wildman–Crippen MR) is 27.8 cm³/mol. The molecule has 0 aromatic rings. The number of carbonyl (C=O) groups excluding carboxylic acids is 1. The summed E-state index contributed by atoms with van der Waals surface area (Å²) in [4.78, 5) is 9.97. The zero-order valence-electron chi connectivity index (χ0n) is 4.73. The van der Waals surface area contributed by atoms with Gasteiger partial charge in [0.2, 0.25) is 0 Å². The Kier molecular flexibility index (Phi) is 1.80. The summed E-state index contributed by atoms with van der Waals surface area (Å²) in [6.45, 7) is 0.0462. The van der Waals surface area contributed by atoms with Crippen LogP contribution >= 0.6 is 0 Å². The molecule has 9 heavy (non-hydrogen) atoms. The Morgan fingerprint density at radius 1 is 1.56 bits per heavy atom. The number of aliphatic hydroxyl groups excluding tert-OH is 2. The van der Waals surface area contributed by atoms with Crippen LogP contribution in [-0.2, 0) is 9.53 Å². The lowest BCUT2D eigenvalue weighted by atomic mass is 10.2. The Hall–Kier alpha value is -0.450. The summed E-state index contributed by atoms with van der Waals surface area (Å²) in [6, 6.07) is 0. The largest absolute Gasteiger partial charge is 0.388 e. The average molecular weight is 132 g/mol. The highest BCUT2D eigenvalue weighted by Crippen LogP contribution is 2.11. The van der Waals surface area contributed by atoms with Crippen molar-refractivity contribution in [3.05, 3.63) is 0 Å². The fraction of sp³-hybridized carbons (Fsp3) is 0.800. The number of carbonyl (C=O) groups is 1. The minimum absolute atomic E-state index is 0.0462. The molecule has 0 radical (unpaired) electrons. The molecule has 0 saturated carbocycles. The molecule has 0 bridgehead atoms. The summed E-state index contributed by atoms with van der Waals surface area (Å²) in [6.07, 6.45) is -2.29. The van der Waals surface area contributed by atoms with E-state index in [1.54, 1.807) is 0 Å². The van der Waals surface area contributed by atoms with Gasteiger partial charge >= 0.3 is 0 Å². The first-order valence-corrected chi connectivity index (χ1v) is 2.68. The molecule has 4 heteroatoms. The number of hydrogen-bond acceptors (Lipinski definition) is 4. The lowest BCUT2D eigenvalue weighted by Gasteiger charge is -2.06. The molecule has 1 saturated heterocycles. The Morgan fingerprint density at radius 3 is 2.44 bits per heavy atom. The quantitative estimate of drug-likeness (QED) is 0.417. The van der Waals surface area contributed by atoms with Crippen molar-refractivity contribution >= 4 is 6.29 Å². The standard InChI is InChI=1S/C5H8O4/c6-1-4-5(8)3(7)2-9-4/h1,3-5,7-8H,2H2/t3-,4+,5+/m0/s1. The molecular weight excluding hydrogens is 124 g/mol. The zero-order valence-corrected chi connectivity index (χ0v) is 4.73. The molecule has 1 aliphatic rings. The maximum absolute atomic E-state index is 9.97. The fourth-order valence-electron chi connectivity index (χ4n) is 0.746. The van der Waals surface area contributed by atoms with Gasteiger partial charge < -0.3 is 19.7 Å². The molecule has 3 atom stereocenters. The molecule has 1 fully saturated rings. The Labute approximate surface area is 52.1 Å². The minimum atomic E-state index is -1.04. The van der Waals surface area contributed by atoms with Gasteiger partial charge in [0, 0.05) is 0 Å². The number of ether oxygens (including phenoxy) is 1. The van der Waals surface area contributed by atoms with Crippen LogP contribution in [0.25, 0.3) is 0 Å². The molecule has 0 amide bonds. The van der Waals surface area contributed by atoms with E-state index in [9.17, 15) is 4.79 Å². The smallest absolute Gasteiger partial charge is 0.151 e. The lowest BCUT2D eigenvalue weighted by Crippen LogP contribution is -2.30. The van der Waals surface area contributed by atoms with E-state index in [0.29, 0.717) is 6.29 Å². The molecule has 0 aromatic heterocycles. The summed E-state index contributed by atoms with van der Waals surface area (Å²) < 4.78 is 4.66. The third-order valence-electron chi connectivity index (χ3n) is 1.32. The number of aldehydes is 1. The molecule has 0 aromatic carbocycles. The van der Waals surface area contributed by atoms with Crippen LogP contribution in [0.1, 0.15) is 0 Å². The van der Waals surface area contributed by atoms with Crippen LogP contribution < -0.4 is 0 Å². The van der Waals surface area contributed by atoms with Gasteiger partial charge in [-0.1, -0.05) is 0 Å². The lowest BCUT2D eigenvalue weighted by molar-refractivity contribution is -0.119. The molecule has 0 spiro atoms. The van der Waals surface area contributed by atoms with Crippen LogP contribution in [0.2, 0.25) is 0 Å². The monoisotopic (exact) mass is 132 g/mol. The molecule has 1 aliphatic heterocycles. The molecular formula is C5H8O4. The van der Waals surface area contributed by atoms with Crippen molar-refractivity contribution in [2.24, 2.45) is 0 Å². The number of aliphatic hydroxyl groups is 2. The van der Waals surface area contributed by atoms with Gasteiger partial charge in [-0.25, -0.2) is 0 Å². The van der Waals surface area contributed by atoms with Crippen molar-refractivity contribution in [1.29, 1.82) is 0 Å². The van der Waals surface area contributed by atoms with E-state index in [0.717, 1.165) is 0 Å². The second-order valence-corrected chi connectivity index (χ2v) is 1.99. The normalized spacial score (nSPS) is 43.1. The van der Waals surface area contributed by atoms with Crippen LogP contribution in [0.4, 0.5) is 0 Å². The van der Waals surface area contributed by atoms with Crippen LogP contribution in [0.3, 0.4) is 0 Å². The zero-order chi connectivity index (χ0) is 6.85. The van der Waals surface area contributed by atoms with Crippen LogP contribution in [-0.4, -0.2) is 41.4 Å². The molecule has 0 aliphatic carbocycles. The second kappa shape index (κ2) is 2.43. The Balaban J connectivity index is 2.50. The third-order valence-corrected chi connectivity index (χ3v) is 1.32. The SMILES string of the molecule is O=C[C@H]1OC[C@H](O)[C@H]1O. The highest BCUT2D eigenvalue weighted by Gasteiger charge is 2.33. The molecule has 52 valence electrons. The van der Waals surface area contributed by atoms with Crippen LogP contribution in [0.15, 0.2) is 0 Å². The first-order chi connectivity index (χ1) is 4.25. The third kappa shape index (κ3) is 1.10. The van der Waals surface area contributed by atoms with Gasteiger partial charge in [-0.2, -0.15) is 0 Å². The molecule has 4 nitrogen and oxygen atoms in total. The molecule has 0 unspecified atom stereocenters. The second-order valence-electron chi connectivity index (χ2n) is 1.99. The Bertz CT molecular complexity index is 114. The van der Waals surface area contributed by atoms with Gasteiger partial charge in [0.1, 0.15) is 18.3 Å². The highest BCUT2D eigenvalue weighted by molar-refractivity contribution is 5.57. The van der Waals surface area contributed by atoms with Gasteiger partial charge in [0.05, 0.1) is 6.61 Å². The maximum Gasteiger partial charge on any atom is 0.151 e. The van der Waals surface area contributed by atoms with Crippen LogP contribution in [0, 0.1) is 0 Å². The molecule has 1 heterocycles. The minimum Gasteiger partial charge on any atom is -0.388 e. The number of rotatable bonds is 1. The van der Waals surface area contributed by atoms with Crippen molar-refractivity contribution < 1.29 is 19.7 Å². The van der Waals surface area contributed by atoms with E-state index < -0.39 is 18.3 Å². The first-order valence-electron chi connectivity index (χ1n) is 2.68. The van der Waals surface area contributed by atoms with Crippen molar-refractivity contribution in [1.82, 2.24) is 0 Å². The summed E-state index contributed by atoms with van der Waals surface area (Å²) in [5.41, 5.74) is 0. The van der Waals surface area contributed by atoms with E-state index in [1.807, 2.05) is 0 Å². The van der Waals surface area contributed by atoms with Gasteiger partial charge in [0.25, 0.3) is 0 Å². The maximum atomic E-state index is 9.97. The molecule has 1 rings (SSSR count). The van der Waals surface area contributed by atoms with Gasteiger partial charge in [-0.3, -0.25) is 0 Å². The van der Waals surface area contributed by atoms with Crippen LogP contribution in [0.5, 0.6) is 0 Å². The summed E-state index contributed by atoms with van der Waals surface area (Å²) in [5, 5.41) is 17.6. The van der Waals surface area contributed by atoms with E-state index >= 15 is 0 Å². The predicted octanol–water partition coefficient (Wildman–Crippen LogP) is -1.69. The van der Waals surface area contributed by atoms with Gasteiger partial charge in [-0.05, 0) is 0 Å². The fourth-order valence-corrected chi connectivity index (χ4v) is 0.746. The summed E-state index contributed by atoms with van der Waals surface area (Å²) in [5.74, 6) is 0. The summed E-state index contributed by atoms with van der Waals surface area (Å²) >= 11 is 0. The van der Waals surface area contributed by atoms with E-state index in [2.05, 4.69) is 4.74 Å². The topological polar surface area (TPSA) is 66.8 Å². The molecule has 2 N–H and O–H groups in total. The van der Waals surface area contributed by atoms with E-state index in [1.165, 1.54) is 0 Å². The highest BCUT2D eigenvalue weighted by atomic mass is 16.5. The van der Waals surface area contributed by atoms with Gasteiger partial charge in [-0.15, -0.1) is 0 Å². The summed E-state index contributed by atoms with van der Waals surface area (Å²) in [7, 11) is 0. The van der Waals surface area contributed by atoms with Crippen molar-refractivity contribution in [3.8, 4) is 0 Å². The van der Waals surface area contributed by atoms with E-state index in [-0.39, 0.29) is 6.61 Å². The Morgan fingerprint density at radius 2 is 2.22 bits per heavy atom. The van der Waals surface area contributed by atoms with Crippen molar-refractivity contribution in [2.45, 2.75) is 18.3 Å². The first kappa shape index (κ1) is 6.67. The average Bonchev–Trinajstić information content (AvgIpc) is 2.15. The van der Waals surface area contributed by atoms with Crippen molar-refractivity contribution in [3.63, 3.8) is 0 Å². The van der Waals surface area contributed by atoms with Gasteiger partial charge in [0.15, 0.2) is 6.29 Å².